The number of anilines is 2. The Labute approximate surface area is 123 Å². The van der Waals surface area contributed by atoms with Crippen LogP contribution in [0, 0.1) is 13.8 Å². The summed E-state index contributed by atoms with van der Waals surface area (Å²) < 4.78 is 1.69. The SMILES string of the molecule is Cc1cnc(N[C@@H]2CCN(c3cnn(C)c3)C2=O)nc1C. The highest BCUT2D eigenvalue weighted by atomic mass is 16.2. The Kier molecular flexibility index (Phi) is 3.32. The molecule has 1 aliphatic rings. The monoisotopic (exact) mass is 286 g/mol. The lowest BCUT2D eigenvalue weighted by atomic mass is 10.2. The lowest BCUT2D eigenvalue weighted by molar-refractivity contribution is -0.117. The largest absolute Gasteiger partial charge is 0.342 e. The van der Waals surface area contributed by atoms with Crippen LogP contribution in [0.4, 0.5) is 11.6 Å². The van der Waals surface area contributed by atoms with E-state index in [9.17, 15) is 4.79 Å². The van der Waals surface area contributed by atoms with E-state index in [-0.39, 0.29) is 11.9 Å². The number of hydrogen-bond donors (Lipinski definition) is 1. The molecular weight excluding hydrogens is 268 g/mol. The molecule has 0 unspecified atom stereocenters. The Hall–Kier alpha value is -2.44. The molecule has 2 aromatic rings. The Bertz CT molecular complexity index is 680. The minimum absolute atomic E-state index is 0.0322. The van der Waals surface area contributed by atoms with Crippen LogP contribution < -0.4 is 10.2 Å². The van der Waals surface area contributed by atoms with Crippen LogP contribution in [0.2, 0.25) is 0 Å². The highest BCUT2D eigenvalue weighted by molar-refractivity contribution is 6.00. The molecule has 1 saturated heterocycles. The molecular formula is C14H18N6O. The Morgan fingerprint density at radius 1 is 1.33 bits per heavy atom. The zero-order valence-corrected chi connectivity index (χ0v) is 12.4. The lowest BCUT2D eigenvalue weighted by Gasteiger charge is -2.15. The minimum Gasteiger partial charge on any atom is -0.342 e. The predicted octanol–water partition coefficient (Wildman–Crippen LogP) is 1.04. The van der Waals surface area contributed by atoms with E-state index < -0.39 is 0 Å². The molecule has 3 rings (SSSR count). The molecule has 0 radical (unpaired) electrons. The molecule has 110 valence electrons. The number of carbonyl (C=O) groups excluding carboxylic acids is 1. The quantitative estimate of drug-likeness (QED) is 0.912. The van der Waals surface area contributed by atoms with E-state index in [0.29, 0.717) is 12.5 Å². The summed E-state index contributed by atoms with van der Waals surface area (Å²) in [4.78, 5) is 22.8. The predicted molar refractivity (Wildman–Crippen MR) is 79.1 cm³/mol. The molecule has 3 heterocycles. The molecule has 21 heavy (non-hydrogen) atoms. The summed E-state index contributed by atoms with van der Waals surface area (Å²) in [5.41, 5.74) is 2.78. The van der Waals surface area contributed by atoms with Gasteiger partial charge in [-0.2, -0.15) is 5.10 Å². The van der Waals surface area contributed by atoms with Gasteiger partial charge >= 0.3 is 0 Å². The third kappa shape index (κ3) is 2.58. The van der Waals surface area contributed by atoms with E-state index in [2.05, 4.69) is 20.4 Å². The summed E-state index contributed by atoms with van der Waals surface area (Å²) in [5.74, 6) is 0.536. The fourth-order valence-corrected chi connectivity index (χ4v) is 2.37. The van der Waals surface area contributed by atoms with Crippen molar-refractivity contribution in [3.8, 4) is 0 Å². The van der Waals surface area contributed by atoms with E-state index in [1.165, 1.54) is 0 Å². The van der Waals surface area contributed by atoms with E-state index in [4.69, 9.17) is 0 Å². The molecule has 1 amide bonds. The van der Waals surface area contributed by atoms with E-state index in [1.54, 1.807) is 22.0 Å². The normalized spacial score (nSPS) is 18.3. The molecule has 0 saturated carbocycles. The van der Waals surface area contributed by atoms with Crippen molar-refractivity contribution in [1.29, 1.82) is 0 Å². The van der Waals surface area contributed by atoms with Crippen molar-refractivity contribution >= 4 is 17.5 Å². The fraction of sp³-hybridized carbons (Fsp3) is 0.429. The average molecular weight is 286 g/mol. The number of rotatable bonds is 3. The van der Waals surface area contributed by atoms with Crippen LogP contribution in [0.3, 0.4) is 0 Å². The maximum atomic E-state index is 12.4. The molecule has 0 spiro atoms. The van der Waals surface area contributed by atoms with Crippen molar-refractivity contribution in [2.24, 2.45) is 7.05 Å². The van der Waals surface area contributed by atoms with E-state index >= 15 is 0 Å². The zero-order valence-electron chi connectivity index (χ0n) is 12.4. The van der Waals surface area contributed by atoms with Gasteiger partial charge in [0.2, 0.25) is 11.9 Å². The number of aryl methyl sites for hydroxylation is 3. The second kappa shape index (κ2) is 5.16. The maximum Gasteiger partial charge on any atom is 0.249 e. The highest BCUT2D eigenvalue weighted by Gasteiger charge is 2.33. The van der Waals surface area contributed by atoms with Crippen LogP contribution in [-0.2, 0) is 11.8 Å². The van der Waals surface area contributed by atoms with E-state index in [1.807, 2.05) is 27.1 Å². The molecule has 0 aromatic carbocycles. The van der Waals surface area contributed by atoms with Gasteiger partial charge in [-0.3, -0.25) is 9.48 Å². The molecule has 7 nitrogen and oxygen atoms in total. The number of nitrogens with one attached hydrogen (secondary N) is 1. The van der Waals surface area contributed by atoms with Gasteiger partial charge in [-0.1, -0.05) is 0 Å². The van der Waals surface area contributed by atoms with Crippen LogP contribution >= 0.6 is 0 Å². The summed E-state index contributed by atoms with van der Waals surface area (Å²) >= 11 is 0. The molecule has 1 N–H and O–H groups in total. The summed E-state index contributed by atoms with van der Waals surface area (Å²) in [6, 6.07) is -0.285. The molecule has 1 aliphatic heterocycles. The summed E-state index contributed by atoms with van der Waals surface area (Å²) in [6.07, 6.45) is 6.03. The number of carbonyl (C=O) groups is 1. The fourth-order valence-electron chi connectivity index (χ4n) is 2.37. The summed E-state index contributed by atoms with van der Waals surface area (Å²) in [6.45, 7) is 4.57. The van der Waals surface area contributed by atoms with Gasteiger partial charge in [0.05, 0.1) is 11.9 Å². The first-order chi connectivity index (χ1) is 10.0. The van der Waals surface area contributed by atoms with Gasteiger partial charge in [0.15, 0.2) is 0 Å². The van der Waals surface area contributed by atoms with Crippen LogP contribution in [0.25, 0.3) is 0 Å². The van der Waals surface area contributed by atoms with Gasteiger partial charge in [-0.15, -0.1) is 0 Å². The Morgan fingerprint density at radius 2 is 2.14 bits per heavy atom. The van der Waals surface area contributed by atoms with Gasteiger partial charge < -0.3 is 10.2 Å². The second-order valence-corrected chi connectivity index (χ2v) is 5.31. The third-order valence-electron chi connectivity index (χ3n) is 3.74. The molecule has 1 atom stereocenters. The van der Waals surface area contributed by atoms with Crippen LogP contribution in [0.1, 0.15) is 17.7 Å². The molecule has 1 fully saturated rings. The smallest absolute Gasteiger partial charge is 0.249 e. The van der Waals surface area contributed by atoms with Crippen LogP contribution in [0.5, 0.6) is 0 Å². The second-order valence-electron chi connectivity index (χ2n) is 5.31. The average Bonchev–Trinajstić information content (AvgIpc) is 3.01. The molecule has 0 bridgehead atoms. The molecule has 0 aliphatic carbocycles. The van der Waals surface area contributed by atoms with Crippen molar-refractivity contribution in [2.45, 2.75) is 26.3 Å². The van der Waals surface area contributed by atoms with Crippen LogP contribution in [-0.4, -0.2) is 38.2 Å². The standard InChI is InChI=1S/C14H18N6O/c1-9-6-15-14(17-10(9)2)18-12-4-5-20(13(12)21)11-7-16-19(3)8-11/h6-8,12H,4-5H2,1-3H3,(H,15,17,18)/t12-/m1/s1. The maximum absolute atomic E-state index is 12.4. The molecule has 2 aromatic heterocycles. The number of amides is 1. The number of aromatic nitrogens is 4. The first-order valence-electron chi connectivity index (χ1n) is 6.91. The first kappa shape index (κ1) is 13.5. The van der Waals surface area contributed by atoms with E-state index in [0.717, 1.165) is 23.4 Å². The Morgan fingerprint density at radius 3 is 2.81 bits per heavy atom. The van der Waals surface area contributed by atoms with Crippen molar-refractivity contribution < 1.29 is 4.79 Å². The van der Waals surface area contributed by atoms with Gasteiger partial charge in [-0.05, 0) is 25.8 Å². The van der Waals surface area contributed by atoms with Crippen molar-refractivity contribution in [3.05, 3.63) is 29.8 Å². The Balaban J connectivity index is 1.73. The third-order valence-corrected chi connectivity index (χ3v) is 3.74. The highest BCUT2D eigenvalue weighted by Crippen LogP contribution is 2.22. The molecule has 7 heteroatoms. The van der Waals surface area contributed by atoms with Gasteiger partial charge in [-0.25, -0.2) is 9.97 Å². The topological polar surface area (TPSA) is 75.9 Å². The van der Waals surface area contributed by atoms with Crippen LogP contribution in [0.15, 0.2) is 18.6 Å². The first-order valence-corrected chi connectivity index (χ1v) is 6.91. The number of hydrogen-bond acceptors (Lipinski definition) is 5. The van der Waals surface area contributed by atoms with Crippen molar-refractivity contribution in [2.75, 3.05) is 16.8 Å². The van der Waals surface area contributed by atoms with Crippen molar-refractivity contribution in [1.82, 2.24) is 19.7 Å². The zero-order chi connectivity index (χ0) is 15.0. The van der Waals surface area contributed by atoms with Gasteiger partial charge in [0.1, 0.15) is 6.04 Å². The van der Waals surface area contributed by atoms with Gasteiger partial charge in [0, 0.05) is 31.7 Å². The van der Waals surface area contributed by atoms with Gasteiger partial charge in [0.25, 0.3) is 0 Å². The lowest BCUT2D eigenvalue weighted by Crippen LogP contribution is -2.33. The van der Waals surface area contributed by atoms with Crippen molar-refractivity contribution in [3.63, 3.8) is 0 Å². The summed E-state index contributed by atoms with van der Waals surface area (Å²) in [5, 5.41) is 7.23. The minimum atomic E-state index is -0.285. The summed E-state index contributed by atoms with van der Waals surface area (Å²) in [7, 11) is 1.84. The number of nitrogens with zero attached hydrogens (tertiary/aromatic N) is 5.